The summed E-state index contributed by atoms with van der Waals surface area (Å²) in [5.74, 6) is -0.180. The van der Waals surface area contributed by atoms with E-state index in [0.29, 0.717) is 11.3 Å². The van der Waals surface area contributed by atoms with Gasteiger partial charge in [0.2, 0.25) is 5.89 Å². The molecule has 0 aliphatic carbocycles. The first kappa shape index (κ1) is 10.1. The van der Waals surface area contributed by atoms with Crippen molar-refractivity contribution >= 4 is 12.0 Å². The zero-order valence-corrected chi connectivity index (χ0v) is 8.25. The minimum atomic E-state index is -1.08. The standard InChI is InChI=1S/C9H7N3O4/c1-5-6(4-10-16-5)9-12-11-7(15-9)2-3-8(13)14/h2-4H,1H3,(H,13,14)/b3-2+. The van der Waals surface area contributed by atoms with Crippen molar-refractivity contribution in [3.63, 3.8) is 0 Å². The number of rotatable bonds is 3. The van der Waals surface area contributed by atoms with E-state index in [1.807, 2.05) is 0 Å². The number of carbonyl (C=O) groups is 1. The van der Waals surface area contributed by atoms with Crippen molar-refractivity contribution in [2.75, 3.05) is 0 Å². The van der Waals surface area contributed by atoms with Gasteiger partial charge in [-0.1, -0.05) is 5.16 Å². The van der Waals surface area contributed by atoms with Crippen molar-refractivity contribution < 1.29 is 18.8 Å². The minimum absolute atomic E-state index is 0.109. The van der Waals surface area contributed by atoms with Crippen LogP contribution in [0.2, 0.25) is 0 Å². The molecule has 1 N–H and O–H groups in total. The molecule has 0 aliphatic rings. The monoisotopic (exact) mass is 221 g/mol. The Kier molecular flexibility index (Phi) is 2.50. The van der Waals surface area contributed by atoms with E-state index in [2.05, 4.69) is 15.4 Å². The Labute approximate surface area is 89.4 Å². The molecule has 0 amide bonds. The van der Waals surface area contributed by atoms with Gasteiger partial charge in [-0.3, -0.25) is 0 Å². The van der Waals surface area contributed by atoms with Crippen molar-refractivity contribution in [1.82, 2.24) is 15.4 Å². The van der Waals surface area contributed by atoms with E-state index in [-0.39, 0.29) is 11.8 Å². The Balaban J connectivity index is 2.27. The Bertz CT molecular complexity index is 540. The van der Waals surface area contributed by atoms with E-state index in [0.717, 1.165) is 6.08 Å². The normalized spacial score (nSPS) is 11.1. The quantitative estimate of drug-likeness (QED) is 0.775. The molecule has 0 spiro atoms. The lowest BCUT2D eigenvalue weighted by molar-refractivity contribution is -0.131. The average Bonchev–Trinajstić information content (AvgIpc) is 2.83. The summed E-state index contributed by atoms with van der Waals surface area (Å²) in [7, 11) is 0. The number of hydrogen-bond acceptors (Lipinski definition) is 6. The fourth-order valence-electron chi connectivity index (χ4n) is 1.06. The van der Waals surface area contributed by atoms with Crippen molar-refractivity contribution in [3.8, 4) is 11.5 Å². The van der Waals surface area contributed by atoms with E-state index < -0.39 is 5.97 Å². The maximum Gasteiger partial charge on any atom is 0.328 e. The summed E-state index contributed by atoms with van der Waals surface area (Å²) in [6.45, 7) is 1.71. The number of aryl methyl sites for hydroxylation is 1. The molecule has 0 fully saturated rings. The van der Waals surface area contributed by atoms with Crippen LogP contribution >= 0.6 is 0 Å². The second-order valence-electron chi connectivity index (χ2n) is 2.91. The van der Waals surface area contributed by atoms with E-state index in [9.17, 15) is 4.79 Å². The molecular formula is C9H7N3O4. The van der Waals surface area contributed by atoms with Crippen molar-refractivity contribution in [2.45, 2.75) is 6.92 Å². The lowest BCUT2D eigenvalue weighted by Crippen LogP contribution is -1.85. The van der Waals surface area contributed by atoms with Crippen molar-refractivity contribution in [3.05, 3.63) is 23.9 Å². The van der Waals surface area contributed by atoms with E-state index >= 15 is 0 Å². The highest BCUT2D eigenvalue weighted by atomic mass is 16.5. The summed E-state index contributed by atoms with van der Waals surface area (Å²) in [6, 6.07) is 0. The Hall–Kier alpha value is -2.44. The van der Waals surface area contributed by atoms with Gasteiger partial charge in [-0.15, -0.1) is 10.2 Å². The van der Waals surface area contributed by atoms with E-state index in [1.54, 1.807) is 6.92 Å². The number of aromatic nitrogens is 3. The van der Waals surface area contributed by atoms with Gasteiger partial charge in [-0.25, -0.2) is 4.79 Å². The van der Waals surface area contributed by atoms with Crippen LogP contribution in [0.3, 0.4) is 0 Å². The molecule has 2 heterocycles. The smallest absolute Gasteiger partial charge is 0.328 e. The first-order valence-corrected chi connectivity index (χ1v) is 4.33. The highest BCUT2D eigenvalue weighted by molar-refractivity contribution is 5.84. The van der Waals surface area contributed by atoms with Gasteiger partial charge in [0.15, 0.2) is 0 Å². The largest absolute Gasteiger partial charge is 0.478 e. The highest BCUT2D eigenvalue weighted by Crippen LogP contribution is 2.21. The highest BCUT2D eigenvalue weighted by Gasteiger charge is 2.12. The lowest BCUT2D eigenvalue weighted by atomic mass is 10.3. The molecule has 16 heavy (non-hydrogen) atoms. The van der Waals surface area contributed by atoms with Gasteiger partial charge < -0.3 is 14.0 Å². The summed E-state index contributed by atoms with van der Waals surface area (Å²) < 4.78 is 10.0. The number of nitrogens with zero attached hydrogens (tertiary/aromatic N) is 3. The van der Waals surface area contributed by atoms with Crippen LogP contribution < -0.4 is 0 Å². The van der Waals surface area contributed by atoms with Crippen LogP contribution in [0.15, 0.2) is 21.2 Å². The molecule has 0 atom stereocenters. The molecule has 82 valence electrons. The van der Waals surface area contributed by atoms with Crippen molar-refractivity contribution in [2.24, 2.45) is 0 Å². The molecular weight excluding hydrogens is 214 g/mol. The number of carboxylic acid groups (broad SMARTS) is 1. The lowest BCUT2D eigenvalue weighted by Gasteiger charge is -1.86. The Morgan fingerprint density at radius 3 is 2.94 bits per heavy atom. The van der Waals surface area contributed by atoms with Crippen LogP contribution in [0.25, 0.3) is 17.5 Å². The Morgan fingerprint density at radius 2 is 2.31 bits per heavy atom. The fraction of sp³-hybridized carbons (Fsp3) is 0.111. The summed E-state index contributed by atoms with van der Waals surface area (Å²) in [6.07, 6.45) is 3.58. The molecule has 2 aromatic heterocycles. The first-order valence-electron chi connectivity index (χ1n) is 4.33. The zero-order valence-electron chi connectivity index (χ0n) is 8.25. The van der Waals surface area contributed by atoms with Gasteiger partial charge in [0.25, 0.3) is 5.89 Å². The number of carboxylic acids is 1. The SMILES string of the molecule is Cc1oncc1-c1nnc(/C=C/C(=O)O)o1. The van der Waals surface area contributed by atoms with Gasteiger partial charge in [-0.2, -0.15) is 0 Å². The summed E-state index contributed by atoms with van der Waals surface area (Å²) in [4.78, 5) is 10.3. The summed E-state index contributed by atoms with van der Waals surface area (Å²) in [5.41, 5.74) is 0.586. The van der Waals surface area contributed by atoms with Gasteiger partial charge in [0.05, 0.1) is 6.20 Å². The van der Waals surface area contributed by atoms with Crippen LogP contribution in [0.1, 0.15) is 11.7 Å². The molecule has 0 unspecified atom stereocenters. The summed E-state index contributed by atoms with van der Waals surface area (Å²) >= 11 is 0. The number of hydrogen-bond donors (Lipinski definition) is 1. The second kappa shape index (κ2) is 3.97. The first-order chi connectivity index (χ1) is 7.66. The van der Waals surface area contributed by atoms with E-state index in [4.69, 9.17) is 14.0 Å². The third-order valence-electron chi connectivity index (χ3n) is 1.79. The molecule has 0 aromatic carbocycles. The molecule has 0 bridgehead atoms. The third kappa shape index (κ3) is 1.97. The van der Waals surface area contributed by atoms with Crippen LogP contribution in [0, 0.1) is 6.92 Å². The molecule has 0 aliphatic heterocycles. The number of aliphatic carboxylic acids is 1. The van der Waals surface area contributed by atoms with Crippen molar-refractivity contribution in [1.29, 1.82) is 0 Å². The molecule has 2 rings (SSSR count). The predicted octanol–water partition coefficient (Wildman–Crippen LogP) is 1.13. The third-order valence-corrected chi connectivity index (χ3v) is 1.79. The zero-order chi connectivity index (χ0) is 11.5. The van der Waals surface area contributed by atoms with Gasteiger partial charge >= 0.3 is 5.97 Å². The second-order valence-corrected chi connectivity index (χ2v) is 2.91. The maximum absolute atomic E-state index is 10.3. The van der Waals surface area contributed by atoms with Gasteiger partial charge in [0, 0.05) is 12.2 Å². The predicted molar refractivity (Wildman–Crippen MR) is 51.2 cm³/mol. The van der Waals surface area contributed by atoms with Gasteiger partial charge in [0.1, 0.15) is 11.3 Å². The van der Waals surface area contributed by atoms with Crippen LogP contribution in [-0.2, 0) is 4.79 Å². The Morgan fingerprint density at radius 1 is 1.50 bits per heavy atom. The average molecular weight is 221 g/mol. The molecule has 2 aromatic rings. The maximum atomic E-state index is 10.3. The molecule has 0 saturated heterocycles. The van der Waals surface area contributed by atoms with E-state index in [1.165, 1.54) is 12.3 Å². The van der Waals surface area contributed by atoms with Crippen LogP contribution in [-0.4, -0.2) is 26.4 Å². The molecule has 0 radical (unpaired) electrons. The minimum Gasteiger partial charge on any atom is -0.478 e. The van der Waals surface area contributed by atoms with Gasteiger partial charge in [-0.05, 0) is 6.92 Å². The molecule has 0 saturated carbocycles. The fourth-order valence-corrected chi connectivity index (χ4v) is 1.06. The topological polar surface area (TPSA) is 102 Å². The molecule has 7 heteroatoms. The van der Waals surface area contributed by atoms with Crippen LogP contribution in [0.4, 0.5) is 0 Å². The summed E-state index contributed by atoms with van der Waals surface area (Å²) in [5, 5.41) is 19.4. The molecule has 7 nitrogen and oxygen atoms in total. The van der Waals surface area contributed by atoms with Crippen LogP contribution in [0.5, 0.6) is 0 Å².